The zero-order valence-electron chi connectivity index (χ0n) is 18.7. The zero-order valence-corrected chi connectivity index (χ0v) is 18.7. The first-order valence-electron chi connectivity index (χ1n) is 11.2. The molecule has 1 N–H and O–H groups in total. The van der Waals surface area contributed by atoms with Crippen LogP contribution in [0.4, 0.5) is 5.95 Å². The SMILES string of the molecule is COc1cccc(CN2CCc3nc(N4CCOCC4)nc(Oc4ccccc4)c3C2)c1O. The van der Waals surface area contributed by atoms with E-state index < -0.39 is 0 Å². The summed E-state index contributed by atoms with van der Waals surface area (Å²) in [4.78, 5) is 14.2. The van der Waals surface area contributed by atoms with Crippen molar-refractivity contribution in [2.45, 2.75) is 19.5 Å². The fourth-order valence-electron chi connectivity index (χ4n) is 4.25. The van der Waals surface area contributed by atoms with E-state index in [9.17, 15) is 5.11 Å². The van der Waals surface area contributed by atoms with Crippen LogP contribution in [0.2, 0.25) is 0 Å². The highest BCUT2D eigenvalue weighted by atomic mass is 16.5. The predicted molar refractivity (Wildman–Crippen MR) is 124 cm³/mol. The van der Waals surface area contributed by atoms with E-state index in [0.29, 0.717) is 43.9 Å². The van der Waals surface area contributed by atoms with Crippen molar-refractivity contribution in [1.29, 1.82) is 0 Å². The molecule has 8 nitrogen and oxygen atoms in total. The largest absolute Gasteiger partial charge is 0.504 e. The van der Waals surface area contributed by atoms with Gasteiger partial charge in [0.15, 0.2) is 11.5 Å². The van der Waals surface area contributed by atoms with Crippen LogP contribution in [0.25, 0.3) is 0 Å². The first kappa shape index (κ1) is 21.5. The molecule has 8 heteroatoms. The summed E-state index contributed by atoms with van der Waals surface area (Å²) in [6.45, 7) is 4.94. The molecule has 3 heterocycles. The molecule has 0 radical (unpaired) electrons. The second-order valence-electron chi connectivity index (χ2n) is 8.20. The van der Waals surface area contributed by atoms with Crippen molar-refractivity contribution in [3.8, 4) is 23.1 Å². The third kappa shape index (κ3) is 4.72. The molecule has 0 spiro atoms. The van der Waals surface area contributed by atoms with Gasteiger partial charge in [-0.25, -0.2) is 4.98 Å². The topological polar surface area (TPSA) is 80.2 Å². The summed E-state index contributed by atoms with van der Waals surface area (Å²) in [6, 6.07) is 15.3. The van der Waals surface area contributed by atoms with Gasteiger partial charge in [0.1, 0.15) is 5.75 Å². The lowest BCUT2D eigenvalue weighted by atomic mass is 10.1. The number of phenols is 1. The molecule has 5 rings (SSSR count). The standard InChI is InChI=1S/C25H28N4O4/c1-31-22-9-5-6-18(23(22)30)16-28-11-10-21-20(17-28)24(33-19-7-3-2-4-8-19)27-25(26-21)29-12-14-32-15-13-29/h2-9,30H,10-17H2,1H3. The summed E-state index contributed by atoms with van der Waals surface area (Å²) in [5.41, 5.74) is 2.84. The summed E-state index contributed by atoms with van der Waals surface area (Å²) in [5, 5.41) is 10.5. The maximum Gasteiger partial charge on any atom is 0.229 e. The van der Waals surface area contributed by atoms with Gasteiger partial charge >= 0.3 is 0 Å². The Morgan fingerprint density at radius 2 is 1.82 bits per heavy atom. The minimum absolute atomic E-state index is 0.186. The van der Waals surface area contributed by atoms with E-state index in [4.69, 9.17) is 24.2 Å². The van der Waals surface area contributed by atoms with Gasteiger partial charge in [-0.15, -0.1) is 0 Å². The number of hydrogen-bond donors (Lipinski definition) is 1. The van der Waals surface area contributed by atoms with Crippen LogP contribution < -0.4 is 14.4 Å². The van der Waals surface area contributed by atoms with Gasteiger partial charge < -0.3 is 24.2 Å². The van der Waals surface area contributed by atoms with Crippen LogP contribution >= 0.6 is 0 Å². The Labute approximate surface area is 193 Å². The number of phenolic OH excluding ortho intramolecular Hbond substituents is 1. The maximum atomic E-state index is 10.5. The van der Waals surface area contributed by atoms with Gasteiger partial charge in [0.2, 0.25) is 11.8 Å². The summed E-state index contributed by atoms with van der Waals surface area (Å²) in [6.07, 6.45) is 0.783. The lowest BCUT2D eigenvalue weighted by Gasteiger charge is -2.32. The Balaban J connectivity index is 1.44. The number of nitrogens with zero attached hydrogens (tertiary/aromatic N) is 4. The number of aromatic nitrogens is 2. The monoisotopic (exact) mass is 448 g/mol. The van der Waals surface area contributed by atoms with Crippen LogP contribution in [-0.4, -0.2) is 59.9 Å². The molecule has 1 fully saturated rings. The Hall–Kier alpha value is -3.36. The Morgan fingerprint density at radius 1 is 1.00 bits per heavy atom. The lowest BCUT2D eigenvalue weighted by Crippen LogP contribution is -2.38. The van der Waals surface area contributed by atoms with Crippen molar-refractivity contribution in [2.24, 2.45) is 0 Å². The molecule has 0 atom stereocenters. The Bertz CT molecular complexity index is 1100. The molecule has 0 bridgehead atoms. The number of ether oxygens (including phenoxy) is 3. The first-order valence-corrected chi connectivity index (χ1v) is 11.2. The van der Waals surface area contributed by atoms with Gasteiger partial charge in [-0.05, 0) is 18.2 Å². The number of para-hydroxylation sites is 2. The molecule has 0 unspecified atom stereocenters. The van der Waals surface area contributed by atoms with E-state index in [0.717, 1.165) is 48.6 Å². The molecular weight excluding hydrogens is 420 g/mol. The molecule has 33 heavy (non-hydrogen) atoms. The smallest absolute Gasteiger partial charge is 0.229 e. The van der Waals surface area contributed by atoms with Crippen molar-refractivity contribution in [1.82, 2.24) is 14.9 Å². The van der Waals surface area contributed by atoms with Crippen molar-refractivity contribution in [3.05, 3.63) is 65.4 Å². The summed E-state index contributed by atoms with van der Waals surface area (Å²) in [5.74, 6) is 2.70. The van der Waals surface area contributed by atoms with Gasteiger partial charge in [-0.2, -0.15) is 4.98 Å². The van der Waals surface area contributed by atoms with E-state index in [2.05, 4.69) is 9.80 Å². The summed E-state index contributed by atoms with van der Waals surface area (Å²) < 4.78 is 17.0. The molecule has 0 aliphatic carbocycles. The van der Waals surface area contributed by atoms with Crippen molar-refractivity contribution < 1.29 is 19.3 Å². The average Bonchev–Trinajstić information content (AvgIpc) is 2.86. The van der Waals surface area contributed by atoms with Gasteiger partial charge in [-0.1, -0.05) is 30.3 Å². The van der Waals surface area contributed by atoms with E-state index in [1.165, 1.54) is 0 Å². The fraction of sp³-hybridized carbons (Fsp3) is 0.360. The zero-order chi connectivity index (χ0) is 22.6. The number of morpholine rings is 1. The molecule has 172 valence electrons. The van der Waals surface area contributed by atoms with Gasteiger partial charge in [0.05, 0.1) is 31.6 Å². The molecule has 0 amide bonds. The van der Waals surface area contributed by atoms with E-state index >= 15 is 0 Å². The molecule has 1 saturated heterocycles. The quantitative estimate of drug-likeness (QED) is 0.615. The first-order chi connectivity index (χ1) is 16.2. The number of rotatable bonds is 6. The molecule has 2 aromatic carbocycles. The highest BCUT2D eigenvalue weighted by molar-refractivity contribution is 5.46. The average molecular weight is 449 g/mol. The third-order valence-electron chi connectivity index (χ3n) is 6.04. The third-order valence-corrected chi connectivity index (χ3v) is 6.04. The van der Waals surface area contributed by atoms with Crippen molar-refractivity contribution in [3.63, 3.8) is 0 Å². The lowest BCUT2D eigenvalue weighted by molar-refractivity contribution is 0.122. The van der Waals surface area contributed by atoms with E-state index in [-0.39, 0.29) is 5.75 Å². The molecular formula is C25H28N4O4. The van der Waals surface area contributed by atoms with Crippen molar-refractivity contribution in [2.75, 3.05) is 44.9 Å². The van der Waals surface area contributed by atoms with E-state index in [1.807, 2.05) is 42.5 Å². The van der Waals surface area contributed by atoms with Crippen LogP contribution in [-0.2, 0) is 24.2 Å². The number of aromatic hydroxyl groups is 1. The number of methoxy groups -OCH3 is 1. The number of fused-ring (bicyclic) bond motifs is 1. The molecule has 2 aliphatic heterocycles. The fourth-order valence-corrected chi connectivity index (χ4v) is 4.25. The Morgan fingerprint density at radius 3 is 2.61 bits per heavy atom. The summed E-state index contributed by atoms with van der Waals surface area (Å²) in [7, 11) is 1.56. The number of hydrogen-bond acceptors (Lipinski definition) is 8. The van der Waals surface area contributed by atoms with Gasteiger partial charge in [-0.3, -0.25) is 4.90 Å². The normalized spacial score (nSPS) is 16.3. The van der Waals surface area contributed by atoms with E-state index in [1.54, 1.807) is 13.2 Å². The van der Waals surface area contributed by atoms with Crippen LogP contribution in [0.3, 0.4) is 0 Å². The van der Waals surface area contributed by atoms with Gasteiger partial charge in [0.25, 0.3) is 0 Å². The van der Waals surface area contributed by atoms with Gasteiger partial charge in [0, 0.05) is 44.7 Å². The second kappa shape index (κ2) is 9.64. The minimum Gasteiger partial charge on any atom is -0.504 e. The van der Waals surface area contributed by atoms with Crippen LogP contribution in [0.5, 0.6) is 23.1 Å². The molecule has 0 saturated carbocycles. The predicted octanol–water partition coefficient (Wildman–Crippen LogP) is 3.38. The highest BCUT2D eigenvalue weighted by Gasteiger charge is 2.26. The Kier molecular flexibility index (Phi) is 6.28. The number of benzene rings is 2. The van der Waals surface area contributed by atoms with Crippen LogP contribution in [0.1, 0.15) is 16.8 Å². The van der Waals surface area contributed by atoms with Crippen LogP contribution in [0, 0.1) is 0 Å². The summed E-state index contributed by atoms with van der Waals surface area (Å²) >= 11 is 0. The van der Waals surface area contributed by atoms with Crippen LogP contribution in [0.15, 0.2) is 48.5 Å². The van der Waals surface area contributed by atoms with Crippen molar-refractivity contribution >= 4 is 5.95 Å². The molecule has 1 aromatic heterocycles. The second-order valence-corrected chi connectivity index (χ2v) is 8.20. The molecule has 2 aliphatic rings. The maximum absolute atomic E-state index is 10.5. The highest BCUT2D eigenvalue weighted by Crippen LogP contribution is 2.34. The molecule has 3 aromatic rings. The minimum atomic E-state index is 0.186. The number of anilines is 1.